The monoisotopic (exact) mass is 559 g/mol. The lowest BCUT2D eigenvalue weighted by molar-refractivity contribution is 0.151. The molecule has 4 unspecified atom stereocenters. The Morgan fingerprint density at radius 3 is 2.90 bits per heavy atom. The fourth-order valence-corrected chi connectivity index (χ4v) is 5.49. The van der Waals surface area contributed by atoms with E-state index in [1.807, 2.05) is 24.3 Å². The predicted molar refractivity (Wildman–Crippen MR) is 143 cm³/mol. The first-order valence-corrected chi connectivity index (χ1v) is 13.1. The third kappa shape index (κ3) is 3.97. The second-order valence-electron chi connectivity index (χ2n) is 10.2. The van der Waals surface area contributed by atoms with Gasteiger partial charge in [-0.2, -0.15) is 9.67 Å². The fraction of sp³-hybridized carbons (Fsp3) is 0.333. The van der Waals surface area contributed by atoms with Crippen LogP contribution in [0.15, 0.2) is 61.3 Å². The summed E-state index contributed by atoms with van der Waals surface area (Å²) < 4.78 is 31.5. The van der Waals surface area contributed by atoms with E-state index in [0.29, 0.717) is 29.3 Å². The number of rotatable bonds is 6. The topological polar surface area (TPSA) is 165 Å². The Morgan fingerprint density at radius 1 is 1.27 bits per heavy atom. The quantitative estimate of drug-likeness (QED) is 0.283. The number of aromatic nitrogens is 7. The first-order chi connectivity index (χ1) is 19.9. The number of fused-ring (bicyclic) bond motifs is 3. The molecule has 210 valence electrons. The van der Waals surface area contributed by atoms with Crippen LogP contribution in [0.5, 0.6) is 0 Å². The molecule has 4 atom stereocenters. The number of dihydropyridines is 1. The van der Waals surface area contributed by atoms with Crippen LogP contribution in [0.4, 0.5) is 4.39 Å². The van der Waals surface area contributed by atoms with Crippen molar-refractivity contribution in [3.05, 3.63) is 93.5 Å². The highest BCUT2D eigenvalue weighted by Crippen LogP contribution is 2.44. The van der Waals surface area contributed by atoms with Gasteiger partial charge >= 0.3 is 5.76 Å². The number of nitrogens with zero attached hydrogens (tertiary/aromatic N) is 6. The number of hydrogen-bond acceptors (Lipinski definition) is 10. The van der Waals surface area contributed by atoms with Crippen molar-refractivity contribution in [3.63, 3.8) is 0 Å². The zero-order valence-electron chi connectivity index (χ0n) is 22.4. The van der Waals surface area contributed by atoms with Gasteiger partial charge in [-0.3, -0.25) is 10.3 Å². The number of nitrogens with one attached hydrogen (secondary N) is 3. The molecule has 13 nitrogen and oxygen atoms in total. The molecule has 0 amide bonds. The van der Waals surface area contributed by atoms with Gasteiger partial charge in [-0.05, 0) is 37.1 Å². The number of ether oxygens (including phenoxy) is 1. The summed E-state index contributed by atoms with van der Waals surface area (Å²) in [6.45, 7) is 1.82. The average molecular weight is 560 g/mol. The maximum absolute atomic E-state index is 14.0. The maximum Gasteiger partial charge on any atom is 0.436 e. The number of aliphatic imine (C=N–C) groups is 1. The average Bonchev–Trinajstić information content (AvgIpc) is 3.77. The van der Waals surface area contributed by atoms with Crippen LogP contribution in [-0.2, 0) is 30.4 Å². The van der Waals surface area contributed by atoms with E-state index in [1.165, 1.54) is 20.2 Å². The van der Waals surface area contributed by atoms with E-state index in [0.717, 1.165) is 21.1 Å². The second kappa shape index (κ2) is 9.45. The summed E-state index contributed by atoms with van der Waals surface area (Å²) in [6.07, 6.45) is 4.19. The van der Waals surface area contributed by atoms with Crippen LogP contribution < -0.4 is 11.1 Å². The van der Waals surface area contributed by atoms with Gasteiger partial charge in [0, 0.05) is 25.1 Å². The molecule has 1 aromatic carbocycles. The van der Waals surface area contributed by atoms with E-state index < -0.39 is 29.6 Å². The lowest BCUT2D eigenvalue weighted by Crippen LogP contribution is -2.52. The number of benzene rings is 1. The molecule has 0 saturated carbocycles. The smallest absolute Gasteiger partial charge is 0.389 e. The summed E-state index contributed by atoms with van der Waals surface area (Å²) in [5.74, 6) is 0.388. The standard InChI is InChI=1S/C27H26FN9O4/c1-13-16(28)8-9-18(30-13)20-11-29-23(32-20)19-10-15-14-6-4-5-7-17(14)31-22(15)27(34-19,25-35-37(2)26(38)40-25)24-33-21(12-39-3)41-36-24/h4-9,11,13,16,19,31,34H,10,12H2,1-3H3,(H,29,32). The predicted octanol–water partition coefficient (Wildman–Crippen LogP) is 2.37. The molecule has 2 aliphatic heterocycles. The van der Waals surface area contributed by atoms with Crippen molar-refractivity contribution < 1.29 is 18.1 Å². The first kappa shape index (κ1) is 25.3. The third-order valence-electron chi connectivity index (χ3n) is 7.51. The second-order valence-corrected chi connectivity index (χ2v) is 10.2. The number of aromatic amines is 2. The van der Waals surface area contributed by atoms with Crippen LogP contribution in [0.1, 0.15) is 53.3 Å². The molecule has 14 heteroatoms. The molecule has 0 aliphatic carbocycles. The molecule has 3 N–H and O–H groups in total. The van der Waals surface area contributed by atoms with Crippen molar-refractivity contribution in [2.24, 2.45) is 12.0 Å². The molecule has 41 heavy (non-hydrogen) atoms. The van der Waals surface area contributed by atoms with E-state index in [2.05, 4.69) is 40.5 Å². The summed E-state index contributed by atoms with van der Waals surface area (Å²) >= 11 is 0. The van der Waals surface area contributed by atoms with Gasteiger partial charge in [0.15, 0.2) is 0 Å². The highest BCUT2D eigenvalue weighted by atomic mass is 19.1. The van der Waals surface area contributed by atoms with E-state index in [4.69, 9.17) is 13.7 Å². The molecule has 7 rings (SSSR count). The van der Waals surface area contributed by atoms with Gasteiger partial charge in [0.05, 0.1) is 35.4 Å². The highest BCUT2D eigenvalue weighted by Gasteiger charge is 2.53. The molecular weight excluding hydrogens is 533 g/mol. The Kier molecular flexibility index (Phi) is 5.83. The zero-order chi connectivity index (χ0) is 28.3. The van der Waals surface area contributed by atoms with Crippen molar-refractivity contribution in [1.29, 1.82) is 0 Å². The Morgan fingerprint density at radius 2 is 2.12 bits per heavy atom. The van der Waals surface area contributed by atoms with Gasteiger partial charge < -0.3 is 23.6 Å². The van der Waals surface area contributed by atoms with Crippen molar-refractivity contribution in [1.82, 2.24) is 40.2 Å². The van der Waals surface area contributed by atoms with Gasteiger partial charge in [0.1, 0.15) is 18.6 Å². The van der Waals surface area contributed by atoms with E-state index in [9.17, 15) is 9.18 Å². The molecule has 2 aliphatic rings. The molecule has 0 saturated heterocycles. The molecule has 0 spiro atoms. The minimum atomic E-state index is -1.46. The number of imidazole rings is 1. The Labute approximate surface area is 231 Å². The normalized spacial score (nSPS) is 24.1. The van der Waals surface area contributed by atoms with Gasteiger partial charge in [-0.1, -0.05) is 23.4 Å². The maximum atomic E-state index is 14.0. The fourth-order valence-electron chi connectivity index (χ4n) is 5.49. The third-order valence-corrected chi connectivity index (χ3v) is 7.51. The number of hydrogen-bond donors (Lipinski definition) is 3. The molecule has 0 radical (unpaired) electrons. The van der Waals surface area contributed by atoms with E-state index in [-0.39, 0.29) is 24.2 Å². The molecule has 6 heterocycles. The van der Waals surface area contributed by atoms with Crippen molar-refractivity contribution in [2.45, 2.75) is 43.7 Å². The molecule has 0 bridgehead atoms. The van der Waals surface area contributed by atoms with Gasteiger partial charge in [0.25, 0.3) is 11.8 Å². The number of methoxy groups -OCH3 is 1. The number of para-hydroxylation sites is 1. The van der Waals surface area contributed by atoms with Crippen LogP contribution in [-0.4, -0.2) is 59.9 Å². The van der Waals surface area contributed by atoms with Crippen molar-refractivity contribution >= 4 is 16.6 Å². The molecule has 0 fully saturated rings. The van der Waals surface area contributed by atoms with Crippen molar-refractivity contribution in [2.75, 3.05) is 7.11 Å². The first-order valence-electron chi connectivity index (χ1n) is 13.1. The van der Waals surface area contributed by atoms with Crippen LogP contribution in [0.2, 0.25) is 0 Å². The summed E-state index contributed by atoms with van der Waals surface area (Å²) in [4.78, 5) is 33.2. The van der Waals surface area contributed by atoms with Crippen LogP contribution >= 0.6 is 0 Å². The molecule has 4 aromatic heterocycles. The lowest BCUT2D eigenvalue weighted by Gasteiger charge is -2.37. The summed E-state index contributed by atoms with van der Waals surface area (Å²) in [5.41, 5.74) is 2.28. The van der Waals surface area contributed by atoms with Crippen molar-refractivity contribution in [3.8, 4) is 0 Å². The molecule has 5 aromatic rings. The number of allylic oxidation sites excluding steroid dienone is 1. The summed E-state index contributed by atoms with van der Waals surface area (Å²) in [7, 11) is 3.03. The van der Waals surface area contributed by atoms with Crippen LogP contribution in [0, 0.1) is 0 Å². The Hall–Kier alpha value is -4.69. The minimum absolute atomic E-state index is 0.0291. The lowest BCUT2D eigenvalue weighted by atomic mass is 9.82. The van der Waals surface area contributed by atoms with E-state index >= 15 is 0 Å². The largest absolute Gasteiger partial charge is 0.436 e. The Bertz CT molecular complexity index is 1880. The van der Waals surface area contributed by atoms with Crippen LogP contribution in [0.25, 0.3) is 10.9 Å². The number of H-pyrrole nitrogens is 2. The van der Waals surface area contributed by atoms with E-state index in [1.54, 1.807) is 19.2 Å². The zero-order valence-corrected chi connectivity index (χ0v) is 22.4. The minimum Gasteiger partial charge on any atom is -0.389 e. The SMILES string of the molecule is COCc1nc(C2(c3nn(C)c(=O)o3)NC(c3ncc(C4=NC(C)C(F)C=C4)[nH]3)Cc3c2[nH]c2ccccc32)no1. The molecular formula is C27H26FN9O4. The number of alkyl halides is 1. The highest BCUT2D eigenvalue weighted by molar-refractivity contribution is 6.07. The number of halogens is 1. The van der Waals surface area contributed by atoms with Crippen LogP contribution in [0.3, 0.4) is 0 Å². The number of aryl methyl sites for hydroxylation is 1. The van der Waals surface area contributed by atoms with Gasteiger partial charge in [-0.25, -0.2) is 14.2 Å². The summed E-state index contributed by atoms with van der Waals surface area (Å²) in [6, 6.07) is 6.92. The summed E-state index contributed by atoms with van der Waals surface area (Å²) in [5, 5.41) is 13.3. The Balaban J connectivity index is 1.42. The van der Waals surface area contributed by atoms with Gasteiger partial charge in [0.2, 0.25) is 11.4 Å². The van der Waals surface area contributed by atoms with Gasteiger partial charge in [-0.15, -0.1) is 5.10 Å².